The number of nitriles is 1. The Hall–Kier alpha value is -3.35. The standard InChI is InChI=1S/C23H19ClFN3O4S/c1-2-32-23(31)20-19(15-8-3-4-9-17(15)25)16(11-26)22(28-21(20)30)33-12-18(29)27-14-7-5-6-13(24)10-14/h3-10,19-20H,2,12H2,1H3,(H,27,29)(H,28,30)/t19-,20-/m0/s1. The molecule has 2 atom stereocenters. The van der Waals surface area contributed by atoms with Gasteiger partial charge in [0.2, 0.25) is 11.8 Å². The normalized spacial score (nSPS) is 17.7. The minimum atomic E-state index is -1.44. The second-order valence-electron chi connectivity index (χ2n) is 6.92. The predicted molar refractivity (Wildman–Crippen MR) is 123 cm³/mol. The molecule has 0 saturated carbocycles. The van der Waals surface area contributed by atoms with E-state index in [9.17, 15) is 24.0 Å². The van der Waals surface area contributed by atoms with Crippen LogP contribution in [0.15, 0.2) is 59.1 Å². The van der Waals surface area contributed by atoms with Crippen molar-refractivity contribution in [3.63, 3.8) is 0 Å². The molecule has 2 aromatic carbocycles. The molecule has 10 heteroatoms. The summed E-state index contributed by atoms with van der Waals surface area (Å²) >= 11 is 6.82. The average Bonchev–Trinajstić information content (AvgIpc) is 2.77. The lowest BCUT2D eigenvalue weighted by Gasteiger charge is -2.31. The summed E-state index contributed by atoms with van der Waals surface area (Å²) < 4.78 is 19.7. The van der Waals surface area contributed by atoms with Crippen LogP contribution in [0, 0.1) is 23.1 Å². The van der Waals surface area contributed by atoms with Gasteiger partial charge >= 0.3 is 5.97 Å². The van der Waals surface area contributed by atoms with E-state index in [0.717, 1.165) is 11.8 Å². The van der Waals surface area contributed by atoms with Crippen molar-refractivity contribution in [1.82, 2.24) is 5.32 Å². The zero-order chi connectivity index (χ0) is 24.0. The molecule has 2 aromatic rings. The van der Waals surface area contributed by atoms with Gasteiger partial charge in [0, 0.05) is 16.6 Å². The Morgan fingerprint density at radius 3 is 2.70 bits per heavy atom. The first-order chi connectivity index (χ1) is 15.8. The van der Waals surface area contributed by atoms with Crippen molar-refractivity contribution in [2.45, 2.75) is 12.8 Å². The summed E-state index contributed by atoms with van der Waals surface area (Å²) in [4.78, 5) is 37.8. The summed E-state index contributed by atoms with van der Waals surface area (Å²) in [7, 11) is 0. The van der Waals surface area contributed by atoms with Crippen molar-refractivity contribution >= 4 is 46.8 Å². The van der Waals surface area contributed by atoms with Gasteiger partial charge in [0.1, 0.15) is 11.7 Å². The number of hydrogen-bond acceptors (Lipinski definition) is 6. The number of hydrogen-bond donors (Lipinski definition) is 2. The van der Waals surface area contributed by atoms with Gasteiger partial charge in [-0.2, -0.15) is 5.26 Å². The fraction of sp³-hybridized carbons (Fsp3) is 0.217. The van der Waals surface area contributed by atoms with Crippen LogP contribution in [0.2, 0.25) is 5.02 Å². The van der Waals surface area contributed by atoms with Crippen LogP contribution in [-0.2, 0) is 19.1 Å². The Kier molecular flexibility index (Phi) is 8.09. The smallest absolute Gasteiger partial charge is 0.319 e. The minimum Gasteiger partial charge on any atom is -0.465 e. The lowest BCUT2D eigenvalue weighted by atomic mass is 9.78. The number of nitrogens with one attached hydrogen (secondary N) is 2. The molecule has 1 aliphatic heterocycles. The highest BCUT2D eigenvalue weighted by Crippen LogP contribution is 2.41. The maximum atomic E-state index is 14.7. The van der Waals surface area contributed by atoms with Crippen molar-refractivity contribution in [2.24, 2.45) is 5.92 Å². The molecule has 0 fully saturated rings. The van der Waals surface area contributed by atoms with Crippen LogP contribution in [0.5, 0.6) is 0 Å². The highest BCUT2D eigenvalue weighted by Gasteiger charge is 2.45. The van der Waals surface area contributed by atoms with Crippen LogP contribution in [-0.4, -0.2) is 30.1 Å². The number of nitrogens with zero attached hydrogens (tertiary/aromatic N) is 1. The van der Waals surface area contributed by atoms with Gasteiger partial charge in [-0.15, -0.1) is 0 Å². The second kappa shape index (κ2) is 11.0. The molecule has 7 nitrogen and oxygen atoms in total. The number of esters is 1. The molecule has 0 radical (unpaired) electrons. The molecule has 2 N–H and O–H groups in total. The molecular formula is C23H19ClFN3O4S. The molecule has 33 heavy (non-hydrogen) atoms. The van der Waals surface area contributed by atoms with Crippen LogP contribution in [0.3, 0.4) is 0 Å². The van der Waals surface area contributed by atoms with Crippen LogP contribution in [0.25, 0.3) is 0 Å². The summed E-state index contributed by atoms with van der Waals surface area (Å²) in [6.45, 7) is 1.60. The van der Waals surface area contributed by atoms with Crippen molar-refractivity contribution in [3.05, 3.63) is 75.5 Å². The highest BCUT2D eigenvalue weighted by atomic mass is 35.5. The van der Waals surface area contributed by atoms with E-state index >= 15 is 0 Å². The molecule has 0 unspecified atom stereocenters. The third-order valence-corrected chi connectivity index (χ3v) is 6.02. The summed E-state index contributed by atoms with van der Waals surface area (Å²) in [6, 6.07) is 14.2. The largest absolute Gasteiger partial charge is 0.465 e. The number of halogens is 2. The van der Waals surface area contributed by atoms with Gasteiger partial charge in [0.25, 0.3) is 0 Å². The summed E-state index contributed by atoms with van der Waals surface area (Å²) in [5.74, 6) is -5.46. The number of amides is 2. The average molecular weight is 488 g/mol. The predicted octanol–water partition coefficient (Wildman–Crippen LogP) is 3.98. The molecule has 0 aliphatic carbocycles. The summed E-state index contributed by atoms with van der Waals surface area (Å²) in [5.41, 5.74) is 0.476. The first-order valence-corrected chi connectivity index (χ1v) is 11.3. The summed E-state index contributed by atoms with van der Waals surface area (Å²) in [5, 5.41) is 15.6. The zero-order valence-corrected chi connectivity index (χ0v) is 19.0. The van der Waals surface area contributed by atoms with E-state index in [1.165, 1.54) is 18.2 Å². The first-order valence-electron chi connectivity index (χ1n) is 9.90. The fourth-order valence-corrected chi connectivity index (χ4v) is 4.43. The van der Waals surface area contributed by atoms with Gasteiger partial charge in [-0.1, -0.05) is 47.6 Å². The molecule has 0 saturated heterocycles. The number of ether oxygens (including phenoxy) is 1. The van der Waals surface area contributed by atoms with Gasteiger partial charge in [0.05, 0.1) is 29.0 Å². The maximum Gasteiger partial charge on any atom is 0.319 e. The molecule has 2 amide bonds. The van der Waals surface area contributed by atoms with E-state index in [-0.39, 0.29) is 28.5 Å². The number of anilines is 1. The first kappa shape index (κ1) is 24.3. The quantitative estimate of drug-likeness (QED) is 0.451. The Balaban J connectivity index is 1.91. The number of carbonyl (C=O) groups is 3. The third-order valence-electron chi connectivity index (χ3n) is 4.77. The summed E-state index contributed by atoms with van der Waals surface area (Å²) in [6.07, 6.45) is 0. The molecule has 1 aliphatic rings. The molecule has 3 rings (SSSR count). The highest BCUT2D eigenvalue weighted by molar-refractivity contribution is 8.03. The molecule has 0 bridgehead atoms. The minimum absolute atomic E-state index is 0.0171. The Labute approximate surface area is 198 Å². The molecule has 0 spiro atoms. The van der Waals surface area contributed by atoms with E-state index in [1.54, 1.807) is 37.3 Å². The second-order valence-corrected chi connectivity index (χ2v) is 8.34. The van der Waals surface area contributed by atoms with Crippen LogP contribution >= 0.6 is 23.4 Å². The monoisotopic (exact) mass is 487 g/mol. The Morgan fingerprint density at radius 1 is 1.27 bits per heavy atom. The Bertz CT molecular complexity index is 1160. The van der Waals surface area contributed by atoms with Crippen LogP contribution < -0.4 is 10.6 Å². The van der Waals surface area contributed by atoms with E-state index in [2.05, 4.69) is 10.6 Å². The van der Waals surface area contributed by atoms with E-state index in [0.29, 0.717) is 10.7 Å². The molecular weight excluding hydrogens is 469 g/mol. The van der Waals surface area contributed by atoms with Gasteiger partial charge in [-0.25, -0.2) is 4.39 Å². The topological polar surface area (TPSA) is 108 Å². The van der Waals surface area contributed by atoms with E-state index in [1.807, 2.05) is 6.07 Å². The number of benzene rings is 2. The van der Waals surface area contributed by atoms with Gasteiger partial charge < -0.3 is 15.4 Å². The van der Waals surface area contributed by atoms with Crippen molar-refractivity contribution in [2.75, 3.05) is 17.7 Å². The maximum absolute atomic E-state index is 14.7. The SMILES string of the molecule is CCOC(=O)[C@@H]1C(=O)NC(SCC(=O)Nc2cccc(Cl)c2)=C(C#N)[C@@H]1c1ccccc1F. The van der Waals surface area contributed by atoms with Crippen molar-refractivity contribution < 1.29 is 23.5 Å². The van der Waals surface area contributed by atoms with Crippen molar-refractivity contribution in [3.8, 4) is 6.07 Å². The molecule has 0 aromatic heterocycles. The zero-order valence-electron chi connectivity index (χ0n) is 17.4. The number of thioether (sulfide) groups is 1. The third kappa shape index (κ3) is 5.72. The van der Waals surface area contributed by atoms with Gasteiger partial charge in [0.15, 0.2) is 0 Å². The number of allylic oxidation sites excluding steroid dienone is 1. The fourth-order valence-electron chi connectivity index (χ4n) is 3.39. The number of carbonyl (C=O) groups excluding carboxylic acids is 3. The van der Waals surface area contributed by atoms with E-state index < -0.39 is 35.4 Å². The lowest BCUT2D eigenvalue weighted by Crippen LogP contribution is -2.44. The van der Waals surface area contributed by atoms with Crippen molar-refractivity contribution in [1.29, 1.82) is 5.26 Å². The molecule has 1 heterocycles. The lowest BCUT2D eigenvalue weighted by molar-refractivity contribution is -0.152. The van der Waals surface area contributed by atoms with Crippen LogP contribution in [0.1, 0.15) is 18.4 Å². The van der Waals surface area contributed by atoms with Gasteiger partial charge in [-0.05, 0) is 36.8 Å². The van der Waals surface area contributed by atoms with Gasteiger partial charge in [-0.3, -0.25) is 14.4 Å². The molecule has 170 valence electrons. The van der Waals surface area contributed by atoms with Crippen LogP contribution in [0.4, 0.5) is 10.1 Å². The Morgan fingerprint density at radius 2 is 2.03 bits per heavy atom. The number of rotatable bonds is 7. The van der Waals surface area contributed by atoms with E-state index in [4.69, 9.17) is 16.3 Å².